The van der Waals surface area contributed by atoms with Crippen LogP contribution in [0.2, 0.25) is 0 Å². The maximum absolute atomic E-state index is 6.47. The summed E-state index contributed by atoms with van der Waals surface area (Å²) in [4.78, 5) is 0. The van der Waals surface area contributed by atoms with Gasteiger partial charge in [0.25, 0.3) is 0 Å². The minimum absolute atomic E-state index is 0. The van der Waals surface area contributed by atoms with Crippen molar-refractivity contribution in [1.29, 1.82) is 0 Å². The van der Waals surface area contributed by atoms with E-state index in [0.717, 1.165) is 0 Å². The van der Waals surface area contributed by atoms with Gasteiger partial charge in [-0.1, -0.05) is 0 Å². The predicted molar refractivity (Wildman–Crippen MR) is 14.4 cm³/mol. The minimum Gasteiger partial charge on any atom is -1.00 e. The molecule has 0 radical (unpaired) electrons. The van der Waals surface area contributed by atoms with Crippen LogP contribution in [0.4, 0.5) is 0 Å². The average molecular weight is 110 g/mol. The third-order valence-electron chi connectivity index (χ3n) is 0. The van der Waals surface area contributed by atoms with Gasteiger partial charge in [-0.05, 0) is 0 Å². The zero-order valence-electron chi connectivity index (χ0n) is 3.72. The molecule has 0 fully saturated rings. The normalized spacial score (nSPS) is 2.40. The molecule has 0 aromatic heterocycles. The molecule has 0 aliphatic rings. The van der Waals surface area contributed by atoms with Gasteiger partial charge in [0.2, 0.25) is 0 Å². The molecule has 0 aromatic rings. The van der Waals surface area contributed by atoms with Crippen LogP contribution >= 0.6 is 11.9 Å². The van der Waals surface area contributed by atoms with Gasteiger partial charge in [-0.2, -0.15) is 0 Å². The summed E-state index contributed by atoms with van der Waals surface area (Å²) in [5, 5.41) is 12.0. The van der Waals surface area contributed by atoms with E-state index < -0.39 is 0 Å². The van der Waals surface area contributed by atoms with Crippen molar-refractivity contribution in [1.82, 2.24) is 0 Å². The monoisotopic (exact) mass is 110 g/mol. The minimum atomic E-state index is 0. The number of rotatable bonds is 0. The van der Waals surface area contributed by atoms with E-state index in [2.05, 4.69) is 11.9 Å². The molecule has 0 heterocycles. The smallest absolute Gasteiger partial charge is 1.00 e. The second-order valence-corrected chi connectivity index (χ2v) is 0. The summed E-state index contributed by atoms with van der Waals surface area (Å²) in [5.74, 6) is 0. The van der Waals surface area contributed by atoms with Crippen molar-refractivity contribution < 1.29 is 46.2 Å². The van der Waals surface area contributed by atoms with Gasteiger partial charge in [0.15, 0.2) is 0 Å². The van der Waals surface area contributed by atoms with Crippen LogP contribution in [0, 0.1) is 0 Å². The molecule has 0 aliphatic carbocycles. The molecule has 30 valence electrons. The SMILES string of the molecule is OCl.OO.[H-].[Na+]. The molecule has 0 bridgehead atoms. The fraction of sp³-hybridized carbons (Fsp3) is 0. The van der Waals surface area contributed by atoms with E-state index in [1.807, 2.05) is 0 Å². The van der Waals surface area contributed by atoms with E-state index in [9.17, 15) is 0 Å². The van der Waals surface area contributed by atoms with Crippen molar-refractivity contribution in [2.24, 2.45) is 0 Å². The molecule has 5 heteroatoms. The Morgan fingerprint density at radius 1 is 1.20 bits per heavy atom. The molecule has 0 spiro atoms. The van der Waals surface area contributed by atoms with Gasteiger partial charge in [0.1, 0.15) is 0 Å². The van der Waals surface area contributed by atoms with Crippen molar-refractivity contribution >= 4 is 11.9 Å². The van der Waals surface area contributed by atoms with E-state index in [1.165, 1.54) is 0 Å². The Hall–Kier alpha value is 1.17. The largest absolute Gasteiger partial charge is 1.00 e. The molecule has 0 saturated carbocycles. The molecule has 3 nitrogen and oxygen atoms in total. The van der Waals surface area contributed by atoms with Crippen molar-refractivity contribution in [3.8, 4) is 0 Å². The van der Waals surface area contributed by atoms with Crippen LogP contribution < -0.4 is 29.6 Å². The van der Waals surface area contributed by atoms with Gasteiger partial charge in [0, 0.05) is 0 Å². The summed E-state index contributed by atoms with van der Waals surface area (Å²) >= 11 is 3.64. The summed E-state index contributed by atoms with van der Waals surface area (Å²) < 4.78 is 6.47. The summed E-state index contributed by atoms with van der Waals surface area (Å²) in [6.07, 6.45) is 0. The summed E-state index contributed by atoms with van der Waals surface area (Å²) in [7, 11) is 0. The number of hydrogen-bond donors (Lipinski definition) is 3. The van der Waals surface area contributed by atoms with Crippen molar-refractivity contribution in [2.75, 3.05) is 0 Å². The van der Waals surface area contributed by atoms with Gasteiger partial charge in [-0.3, -0.25) is 15.2 Å². The van der Waals surface area contributed by atoms with Crippen LogP contribution in [0.25, 0.3) is 0 Å². The van der Waals surface area contributed by atoms with E-state index in [-0.39, 0.29) is 31.0 Å². The first kappa shape index (κ1) is 16.4. The predicted octanol–water partition coefficient (Wildman–Crippen LogP) is -2.73. The first-order chi connectivity index (χ1) is 2.00. The molecule has 0 saturated heterocycles. The van der Waals surface area contributed by atoms with Crippen molar-refractivity contribution in [3.63, 3.8) is 0 Å². The van der Waals surface area contributed by atoms with Gasteiger partial charge in [-0.25, -0.2) is 0 Å². The van der Waals surface area contributed by atoms with Crippen molar-refractivity contribution in [2.45, 2.75) is 0 Å². The van der Waals surface area contributed by atoms with Gasteiger partial charge in [-0.15, -0.1) is 0 Å². The van der Waals surface area contributed by atoms with Gasteiger partial charge >= 0.3 is 29.6 Å². The van der Waals surface area contributed by atoms with Gasteiger partial charge in [0.05, 0.1) is 11.9 Å². The van der Waals surface area contributed by atoms with Crippen LogP contribution in [0.3, 0.4) is 0 Å². The van der Waals surface area contributed by atoms with Crippen molar-refractivity contribution in [3.05, 3.63) is 0 Å². The molecular weight excluding hydrogens is 106 g/mol. The molecule has 0 amide bonds. The summed E-state index contributed by atoms with van der Waals surface area (Å²) in [6, 6.07) is 0. The molecule has 0 aliphatic heterocycles. The third-order valence-corrected chi connectivity index (χ3v) is 0. The standard InChI is InChI=1S/ClHO.Na.H2O2.H/c1-2;;1-2;/h2H;;1-2H;/q;+1;;-1. The third kappa shape index (κ3) is 38.0. The van der Waals surface area contributed by atoms with Crippen LogP contribution in [0.15, 0.2) is 0 Å². The quantitative estimate of drug-likeness (QED) is 0.180. The fourth-order valence-corrected chi connectivity index (χ4v) is 0. The molecule has 0 aromatic carbocycles. The Morgan fingerprint density at radius 2 is 1.20 bits per heavy atom. The van der Waals surface area contributed by atoms with Gasteiger partial charge < -0.3 is 1.43 Å². The zero-order chi connectivity index (χ0) is 4.00. The molecule has 0 unspecified atom stereocenters. The zero-order valence-corrected chi connectivity index (χ0v) is 5.48. The Kier molecular flexibility index (Phi) is 216. The fourth-order valence-electron chi connectivity index (χ4n) is 0. The second kappa shape index (κ2) is 65.7. The first-order valence-electron chi connectivity index (χ1n) is 0.369. The van der Waals surface area contributed by atoms with E-state index in [1.54, 1.807) is 0 Å². The Morgan fingerprint density at radius 3 is 1.20 bits per heavy atom. The number of hydrogen-bond acceptors (Lipinski definition) is 3. The van der Waals surface area contributed by atoms with E-state index >= 15 is 0 Å². The maximum atomic E-state index is 6.47. The van der Waals surface area contributed by atoms with E-state index in [4.69, 9.17) is 15.2 Å². The maximum Gasteiger partial charge on any atom is 1.00 e. The van der Waals surface area contributed by atoms with E-state index in [0.29, 0.717) is 0 Å². The second-order valence-electron chi connectivity index (χ2n) is 0. The molecule has 5 heavy (non-hydrogen) atoms. The van der Waals surface area contributed by atoms with Crippen LogP contribution in [-0.4, -0.2) is 15.2 Å². The average Bonchev–Trinajstić information content (AvgIpc) is 1.50. The van der Waals surface area contributed by atoms with Crippen LogP contribution in [0.5, 0.6) is 0 Å². The van der Waals surface area contributed by atoms with Crippen LogP contribution in [-0.2, 0) is 0 Å². The summed E-state index contributed by atoms with van der Waals surface area (Å²) in [5.41, 5.74) is 0. The molecule has 0 rings (SSSR count). The first-order valence-corrected chi connectivity index (χ1v) is 0.707. The Labute approximate surface area is 58.1 Å². The number of halogens is 1. The van der Waals surface area contributed by atoms with Crippen LogP contribution in [0.1, 0.15) is 1.43 Å². The molecular formula is H4ClNaO3. The molecule has 3 N–H and O–H groups in total. The molecule has 0 atom stereocenters. The topological polar surface area (TPSA) is 60.7 Å². The Bertz CT molecular complexity index is 10.8. The summed E-state index contributed by atoms with van der Waals surface area (Å²) in [6.45, 7) is 0. The Balaban J connectivity index is -0.00000000500.